The molecule has 0 saturated carbocycles. The highest BCUT2D eigenvalue weighted by Gasteiger charge is 2.33. The van der Waals surface area contributed by atoms with Crippen LogP contribution in [0.1, 0.15) is 29.9 Å². The average molecular weight is 353 g/mol. The summed E-state index contributed by atoms with van der Waals surface area (Å²) >= 11 is 0. The summed E-state index contributed by atoms with van der Waals surface area (Å²) in [5.41, 5.74) is 2.24. The number of nitrogens with zero attached hydrogens (tertiary/aromatic N) is 2. The Morgan fingerprint density at radius 2 is 2.04 bits per heavy atom. The molecular weight excluding hydrogens is 334 g/mol. The molecule has 1 aromatic heterocycles. The summed E-state index contributed by atoms with van der Waals surface area (Å²) in [5.74, 6) is -0.346. The van der Waals surface area contributed by atoms with Crippen molar-refractivity contribution in [3.63, 3.8) is 0 Å². The normalized spacial score (nSPS) is 14.3. The lowest BCUT2D eigenvalue weighted by Crippen LogP contribution is -2.49. The molecule has 1 aliphatic rings. The summed E-state index contributed by atoms with van der Waals surface area (Å²) in [4.78, 5) is 42.2. The van der Waals surface area contributed by atoms with Gasteiger partial charge in [-0.3, -0.25) is 24.3 Å². The van der Waals surface area contributed by atoms with Gasteiger partial charge in [-0.2, -0.15) is 0 Å². The SMILES string of the molecule is CC(=O)c1ccc2c(c1)N(C(C)C(=O)Nc1ccnc(C)c1)C(=O)CO2. The van der Waals surface area contributed by atoms with Crippen LogP contribution in [-0.2, 0) is 9.59 Å². The second kappa shape index (κ2) is 6.95. The number of anilines is 2. The lowest BCUT2D eigenvalue weighted by atomic mass is 10.1. The third kappa shape index (κ3) is 3.42. The largest absolute Gasteiger partial charge is 0.482 e. The Bertz CT molecular complexity index is 894. The van der Waals surface area contributed by atoms with Crippen LogP contribution in [0.5, 0.6) is 5.75 Å². The van der Waals surface area contributed by atoms with Crippen LogP contribution in [0.25, 0.3) is 0 Å². The molecule has 0 fully saturated rings. The maximum absolute atomic E-state index is 12.7. The zero-order chi connectivity index (χ0) is 18.8. The molecular formula is C19H19N3O4. The number of ether oxygens (including phenoxy) is 1. The third-order valence-electron chi connectivity index (χ3n) is 4.18. The lowest BCUT2D eigenvalue weighted by molar-refractivity contribution is -0.125. The van der Waals surface area contributed by atoms with Gasteiger partial charge in [0.1, 0.15) is 11.8 Å². The van der Waals surface area contributed by atoms with Gasteiger partial charge in [-0.1, -0.05) is 0 Å². The van der Waals surface area contributed by atoms with Crippen molar-refractivity contribution < 1.29 is 19.1 Å². The van der Waals surface area contributed by atoms with E-state index < -0.39 is 6.04 Å². The van der Waals surface area contributed by atoms with Gasteiger partial charge in [-0.05, 0) is 51.1 Å². The van der Waals surface area contributed by atoms with Gasteiger partial charge < -0.3 is 10.1 Å². The van der Waals surface area contributed by atoms with Crippen molar-refractivity contribution in [2.75, 3.05) is 16.8 Å². The van der Waals surface area contributed by atoms with E-state index in [0.717, 1.165) is 5.69 Å². The van der Waals surface area contributed by atoms with E-state index in [1.54, 1.807) is 43.5 Å². The summed E-state index contributed by atoms with van der Waals surface area (Å²) < 4.78 is 5.42. The Labute approximate surface area is 151 Å². The zero-order valence-corrected chi connectivity index (χ0v) is 14.8. The van der Waals surface area contributed by atoms with E-state index in [0.29, 0.717) is 22.7 Å². The monoisotopic (exact) mass is 353 g/mol. The molecule has 1 atom stereocenters. The number of Topliss-reactive ketones (excluding diaryl/α,β-unsaturated/α-hetero) is 1. The number of nitrogens with one attached hydrogen (secondary N) is 1. The topological polar surface area (TPSA) is 88.6 Å². The lowest BCUT2D eigenvalue weighted by Gasteiger charge is -2.33. The van der Waals surface area contributed by atoms with Gasteiger partial charge in [0.2, 0.25) is 5.91 Å². The quantitative estimate of drug-likeness (QED) is 0.853. The van der Waals surface area contributed by atoms with Gasteiger partial charge in [0.05, 0.1) is 5.69 Å². The predicted molar refractivity (Wildman–Crippen MR) is 96.5 cm³/mol. The van der Waals surface area contributed by atoms with Crippen LogP contribution in [0.15, 0.2) is 36.5 Å². The molecule has 2 aromatic rings. The van der Waals surface area contributed by atoms with Crippen LogP contribution in [-0.4, -0.2) is 35.2 Å². The first-order chi connectivity index (χ1) is 12.4. The van der Waals surface area contributed by atoms with E-state index in [4.69, 9.17) is 4.74 Å². The summed E-state index contributed by atoms with van der Waals surface area (Å²) in [6.45, 7) is 4.75. The molecule has 7 heteroatoms. The van der Waals surface area contributed by atoms with Crippen LogP contribution < -0.4 is 15.0 Å². The first-order valence-corrected chi connectivity index (χ1v) is 8.20. The van der Waals surface area contributed by atoms with E-state index in [9.17, 15) is 14.4 Å². The highest BCUT2D eigenvalue weighted by molar-refractivity contribution is 6.07. The first-order valence-electron chi connectivity index (χ1n) is 8.20. The highest BCUT2D eigenvalue weighted by Crippen LogP contribution is 2.34. The number of hydrogen-bond acceptors (Lipinski definition) is 5. The maximum Gasteiger partial charge on any atom is 0.265 e. The minimum absolute atomic E-state index is 0.130. The highest BCUT2D eigenvalue weighted by atomic mass is 16.5. The number of aryl methyl sites for hydroxylation is 1. The van der Waals surface area contributed by atoms with Gasteiger partial charge >= 0.3 is 0 Å². The number of amides is 2. The van der Waals surface area contributed by atoms with Gasteiger partial charge in [0.25, 0.3) is 5.91 Å². The van der Waals surface area contributed by atoms with Crippen molar-refractivity contribution in [2.24, 2.45) is 0 Å². The Morgan fingerprint density at radius 1 is 1.27 bits per heavy atom. The second-order valence-corrected chi connectivity index (χ2v) is 6.14. The molecule has 1 N–H and O–H groups in total. The minimum Gasteiger partial charge on any atom is -0.482 e. The van der Waals surface area contributed by atoms with E-state index in [-0.39, 0.29) is 24.2 Å². The van der Waals surface area contributed by atoms with E-state index in [2.05, 4.69) is 10.3 Å². The molecule has 0 aliphatic carbocycles. The fraction of sp³-hybridized carbons (Fsp3) is 0.263. The molecule has 1 unspecified atom stereocenters. The van der Waals surface area contributed by atoms with Gasteiger partial charge in [-0.25, -0.2) is 0 Å². The van der Waals surface area contributed by atoms with Crippen LogP contribution >= 0.6 is 0 Å². The summed E-state index contributed by atoms with van der Waals surface area (Å²) in [7, 11) is 0. The fourth-order valence-corrected chi connectivity index (χ4v) is 2.80. The average Bonchev–Trinajstić information content (AvgIpc) is 2.60. The number of aromatic nitrogens is 1. The summed E-state index contributed by atoms with van der Waals surface area (Å²) in [5, 5.41) is 2.79. The van der Waals surface area contributed by atoms with Crippen LogP contribution in [0.2, 0.25) is 0 Å². The van der Waals surface area contributed by atoms with Crippen molar-refractivity contribution in [1.29, 1.82) is 0 Å². The minimum atomic E-state index is -0.777. The van der Waals surface area contributed by atoms with Gasteiger partial charge in [0, 0.05) is 23.1 Å². The number of fused-ring (bicyclic) bond motifs is 1. The predicted octanol–water partition coefficient (Wildman–Crippen LogP) is 2.35. The Morgan fingerprint density at radius 3 is 2.73 bits per heavy atom. The molecule has 0 bridgehead atoms. The molecule has 26 heavy (non-hydrogen) atoms. The maximum atomic E-state index is 12.7. The molecule has 7 nitrogen and oxygen atoms in total. The standard InChI is InChI=1S/C19H19N3O4/c1-11-8-15(6-7-20-11)21-19(25)12(2)22-16-9-14(13(3)23)4-5-17(16)26-10-18(22)24/h4-9,12H,10H2,1-3H3,(H,20,21,25). The number of carbonyl (C=O) groups is 3. The number of rotatable bonds is 4. The van der Waals surface area contributed by atoms with Crippen LogP contribution in [0, 0.1) is 6.92 Å². The van der Waals surface area contributed by atoms with E-state index >= 15 is 0 Å². The zero-order valence-electron chi connectivity index (χ0n) is 14.8. The number of pyridine rings is 1. The van der Waals surface area contributed by atoms with E-state index in [1.807, 2.05) is 6.92 Å². The molecule has 3 rings (SSSR count). The molecule has 134 valence electrons. The van der Waals surface area contributed by atoms with Crippen molar-refractivity contribution >= 4 is 29.0 Å². The molecule has 0 saturated heterocycles. The number of ketones is 1. The molecule has 2 amide bonds. The summed E-state index contributed by atoms with van der Waals surface area (Å²) in [6, 6.07) is 7.51. The van der Waals surface area contributed by atoms with Gasteiger partial charge in [-0.15, -0.1) is 0 Å². The number of hydrogen-bond donors (Lipinski definition) is 1. The molecule has 2 heterocycles. The Hall–Kier alpha value is -3.22. The molecule has 1 aromatic carbocycles. The summed E-state index contributed by atoms with van der Waals surface area (Å²) in [6.07, 6.45) is 1.60. The Kier molecular flexibility index (Phi) is 4.71. The van der Waals surface area contributed by atoms with Crippen molar-refractivity contribution in [1.82, 2.24) is 4.98 Å². The van der Waals surface area contributed by atoms with Crippen LogP contribution in [0.4, 0.5) is 11.4 Å². The number of carbonyl (C=O) groups excluding carboxylic acids is 3. The van der Waals surface area contributed by atoms with Gasteiger partial charge in [0.15, 0.2) is 12.4 Å². The van der Waals surface area contributed by atoms with Crippen molar-refractivity contribution in [2.45, 2.75) is 26.8 Å². The first kappa shape index (κ1) is 17.6. The molecule has 1 aliphatic heterocycles. The van der Waals surface area contributed by atoms with Crippen molar-refractivity contribution in [3.05, 3.63) is 47.8 Å². The third-order valence-corrected chi connectivity index (χ3v) is 4.18. The number of benzene rings is 1. The molecule has 0 radical (unpaired) electrons. The van der Waals surface area contributed by atoms with Crippen molar-refractivity contribution in [3.8, 4) is 5.75 Å². The second-order valence-electron chi connectivity index (χ2n) is 6.14. The Balaban J connectivity index is 1.90. The van der Waals surface area contributed by atoms with E-state index in [1.165, 1.54) is 11.8 Å². The fourth-order valence-electron chi connectivity index (χ4n) is 2.80. The van der Waals surface area contributed by atoms with Crippen LogP contribution in [0.3, 0.4) is 0 Å². The smallest absolute Gasteiger partial charge is 0.265 e. The molecule has 0 spiro atoms.